The Labute approximate surface area is 367 Å². The maximum Gasteiger partial charge on any atom is 0.407 e. The molecule has 2 aliphatic heterocycles. The number of nitrogens with one attached hydrogen (secondary N) is 4. The van der Waals surface area contributed by atoms with Gasteiger partial charge in [0.05, 0.1) is 55.8 Å². The van der Waals surface area contributed by atoms with Crippen LogP contribution >= 0.6 is 0 Å². The number of ether oxygens (including phenoxy) is 2. The van der Waals surface area contributed by atoms with E-state index in [9.17, 15) is 19.2 Å². The average Bonchev–Trinajstić information content (AvgIpc) is 3.83. The molecule has 0 spiro atoms. The number of hydrogen-bond donors (Lipinski definition) is 4. The highest BCUT2D eigenvalue weighted by Crippen LogP contribution is 2.54. The first kappa shape index (κ1) is 42.2. The molecule has 2 aliphatic carbocycles. The van der Waals surface area contributed by atoms with E-state index < -0.39 is 24.3 Å². The number of methoxy groups -OCH3 is 2. The Bertz CT molecular complexity index is 2570. The van der Waals surface area contributed by atoms with Gasteiger partial charge in [0.1, 0.15) is 23.7 Å². The van der Waals surface area contributed by atoms with Gasteiger partial charge in [-0.3, -0.25) is 9.59 Å². The Hall–Kier alpha value is -6.12. The van der Waals surface area contributed by atoms with Gasteiger partial charge in [-0.1, -0.05) is 45.9 Å². The topological polar surface area (TPSA) is 180 Å². The van der Waals surface area contributed by atoms with Crippen molar-refractivity contribution in [2.75, 3.05) is 27.3 Å². The van der Waals surface area contributed by atoms with Gasteiger partial charge in [-0.15, -0.1) is 0 Å². The van der Waals surface area contributed by atoms with Gasteiger partial charge in [-0.2, -0.15) is 0 Å². The number of hydrogen-bond acceptors (Lipinski definition) is 8. The highest BCUT2D eigenvalue weighted by atomic mass is 16.5. The van der Waals surface area contributed by atoms with Crippen molar-refractivity contribution in [2.45, 2.75) is 103 Å². The van der Waals surface area contributed by atoms with Crippen molar-refractivity contribution < 1.29 is 28.7 Å². The van der Waals surface area contributed by atoms with Crippen LogP contribution in [0.25, 0.3) is 44.7 Å². The molecule has 5 heterocycles. The molecule has 4 N–H and O–H groups in total. The van der Waals surface area contributed by atoms with Crippen molar-refractivity contribution in [3.05, 3.63) is 71.6 Å². The maximum atomic E-state index is 13.8. The van der Waals surface area contributed by atoms with Crippen molar-refractivity contribution in [2.24, 2.45) is 24.8 Å². The minimum atomic E-state index is -0.692. The third-order valence-electron chi connectivity index (χ3n) is 13.9. The van der Waals surface area contributed by atoms with Gasteiger partial charge in [0, 0.05) is 42.2 Å². The first-order chi connectivity index (χ1) is 30.4. The minimum absolute atomic E-state index is 0.106. The van der Waals surface area contributed by atoms with Gasteiger partial charge in [0.25, 0.3) is 0 Å². The molecule has 5 aromatic rings. The molecule has 2 aromatic carbocycles. The number of carbonyl (C=O) groups excluding carboxylic acids is 4. The molecule has 9 rings (SSSR count). The van der Waals surface area contributed by atoms with Gasteiger partial charge in [0.15, 0.2) is 0 Å². The van der Waals surface area contributed by atoms with Crippen molar-refractivity contribution >= 4 is 34.9 Å². The number of rotatable bonds is 11. The number of aryl methyl sites for hydroxylation is 1. The molecule has 0 bridgehead atoms. The smallest absolute Gasteiger partial charge is 0.407 e. The van der Waals surface area contributed by atoms with Crippen LogP contribution in [0.4, 0.5) is 9.59 Å². The Kier molecular flexibility index (Phi) is 11.3. The number of aromatic nitrogens is 5. The minimum Gasteiger partial charge on any atom is -0.453 e. The van der Waals surface area contributed by atoms with Crippen LogP contribution in [0.5, 0.6) is 0 Å². The van der Waals surface area contributed by atoms with Crippen LogP contribution in [0.3, 0.4) is 0 Å². The molecule has 3 fully saturated rings. The number of aromatic amines is 2. The molecule has 15 heteroatoms. The Morgan fingerprint density at radius 2 is 1.25 bits per heavy atom. The lowest BCUT2D eigenvalue weighted by molar-refractivity contribution is -0.136. The predicted octanol–water partition coefficient (Wildman–Crippen LogP) is 7.76. The van der Waals surface area contributed by atoms with Gasteiger partial charge >= 0.3 is 12.2 Å². The first-order valence-electron chi connectivity index (χ1n) is 22.5. The zero-order valence-electron chi connectivity index (χ0n) is 37.3. The molecule has 2 unspecified atom stereocenters. The Morgan fingerprint density at radius 3 is 1.76 bits per heavy atom. The zero-order chi connectivity index (χ0) is 44.3. The summed E-state index contributed by atoms with van der Waals surface area (Å²) in [6.07, 6.45) is 9.19. The molecule has 63 heavy (non-hydrogen) atoms. The van der Waals surface area contributed by atoms with E-state index in [1.807, 2.05) is 49.9 Å². The van der Waals surface area contributed by atoms with E-state index >= 15 is 0 Å². The summed E-state index contributed by atoms with van der Waals surface area (Å²) in [5.41, 5.74) is 10.4. The van der Waals surface area contributed by atoms with E-state index in [-0.39, 0.29) is 35.7 Å². The second-order valence-corrected chi connectivity index (χ2v) is 18.5. The maximum absolute atomic E-state index is 13.8. The van der Waals surface area contributed by atoms with Crippen molar-refractivity contribution in [3.8, 4) is 33.8 Å². The molecule has 3 aromatic heterocycles. The van der Waals surface area contributed by atoms with Gasteiger partial charge < -0.3 is 44.4 Å². The summed E-state index contributed by atoms with van der Waals surface area (Å²) in [5.74, 6) is 2.04. The second kappa shape index (κ2) is 16.9. The molecule has 1 saturated carbocycles. The lowest BCUT2D eigenvalue weighted by Gasteiger charge is -2.30. The number of benzene rings is 2. The number of carbonyl (C=O) groups is 4. The number of amides is 4. The molecule has 4 aliphatic rings. The van der Waals surface area contributed by atoms with E-state index in [1.165, 1.54) is 60.3 Å². The number of fused-ring (bicyclic) bond motifs is 5. The monoisotopic (exact) mass is 857 g/mol. The number of imidazole rings is 2. The summed E-state index contributed by atoms with van der Waals surface area (Å²) < 4.78 is 12.0. The summed E-state index contributed by atoms with van der Waals surface area (Å²) in [7, 11) is 4.78. The highest BCUT2D eigenvalue weighted by Gasteiger charge is 2.41. The summed E-state index contributed by atoms with van der Waals surface area (Å²) in [6.45, 7) is 8.88. The lowest BCUT2D eigenvalue weighted by atomic mass is 9.78. The fraction of sp³-hybridized carbons (Fsp3) is 0.500. The van der Waals surface area contributed by atoms with Crippen LogP contribution in [0, 0.1) is 17.8 Å². The van der Waals surface area contributed by atoms with Crippen LogP contribution in [-0.2, 0) is 32.5 Å². The molecule has 5 atom stereocenters. The van der Waals surface area contributed by atoms with E-state index in [1.54, 1.807) is 0 Å². The van der Waals surface area contributed by atoms with Crippen LogP contribution in [0.1, 0.15) is 107 Å². The van der Waals surface area contributed by atoms with Crippen molar-refractivity contribution in [1.82, 2.24) is 44.9 Å². The second-order valence-electron chi connectivity index (χ2n) is 18.5. The number of nitrogens with zero attached hydrogens (tertiary/aromatic N) is 5. The number of alkyl carbamates (subject to hydrolysis) is 2. The van der Waals surface area contributed by atoms with Crippen molar-refractivity contribution in [3.63, 3.8) is 0 Å². The van der Waals surface area contributed by atoms with Crippen LogP contribution in [0.15, 0.2) is 48.8 Å². The van der Waals surface area contributed by atoms with Crippen LogP contribution < -0.4 is 10.6 Å². The SMILES string of the molecule is COC(=O)NC(C(=O)N1CCC[C@H]1c1ncc(-c2ccc3c(c2)c2c(n3C)-c3ccc(-c4cnc([C@@H]5CCCN5C(=O)[C@@H](NC(=O)OC)C(C)C)[nH]4)cc3CC2C2CC2)[nH]1)C(C)C. The number of H-pyrrole nitrogens is 2. The third-order valence-corrected chi connectivity index (χ3v) is 13.9. The zero-order valence-corrected chi connectivity index (χ0v) is 37.3. The first-order valence-corrected chi connectivity index (χ1v) is 22.5. The Morgan fingerprint density at radius 1 is 0.730 bits per heavy atom. The fourth-order valence-electron chi connectivity index (χ4n) is 10.4. The third kappa shape index (κ3) is 7.73. The predicted molar refractivity (Wildman–Crippen MR) is 238 cm³/mol. The molecule has 2 saturated heterocycles. The summed E-state index contributed by atoms with van der Waals surface area (Å²) in [5, 5.41) is 6.73. The van der Waals surface area contributed by atoms with Gasteiger partial charge in [0.2, 0.25) is 11.8 Å². The molecule has 15 nitrogen and oxygen atoms in total. The average molecular weight is 858 g/mol. The van der Waals surface area contributed by atoms with E-state index in [0.29, 0.717) is 24.9 Å². The summed E-state index contributed by atoms with van der Waals surface area (Å²) in [4.78, 5) is 72.2. The van der Waals surface area contributed by atoms with Crippen LogP contribution in [0.2, 0.25) is 0 Å². The van der Waals surface area contributed by atoms with Crippen LogP contribution in [-0.4, -0.2) is 97.7 Å². The largest absolute Gasteiger partial charge is 0.453 e. The molecule has 0 radical (unpaired) electrons. The van der Waals surface area contributed by atoms with E-state index in [2.05, 4.69) is 68.6 Å². The molecular weight excluding hydrogens is 799 g/mol. The fourth-order valence-corrected chi connectivity index (χ4v) is 10.4. The standard InChI is InChI=1S/C48H59N9O6/c1-25(2)40(53-47(60)62-6)45(58)56-18-8-10-37(56)43-49-23-34(51-43)28-14-16-31-30(20-28)22-32(27-12-13-27)39-33-21-29(15-17-36(33)55(5)42(31)39)35-24-50-44(52-35)38-11-9-19-57(38)46(59)41(26(3)4)54-48(61)63-7/h14-17,20-21,23-27,32,37-38,40-41H,8-13,18-19,22H2,1-7H3,(H,49,51)(H,50,52)(H,53,60)(H,54,61)/t32?,37-,38-,40-,41?/m0/s1. The van der Waals surface area contributed by atoms with E-state index in [4.69, 9.17) is 19.4 Å². The summed E-state index contributed by atoms with van der Waals surface area (Å²) >= 11 is 0. The molecule has 4 amide bonds. The van der Waals surface area contributed by atoms with Gasteiger partial charge in [-0.05, 0) is 104 Å². The van der Waals surface area contributed by atoms with Crippen molar-refractivity contribution in [1.29, 1.82) is 0 Å². The molecule has 332 valence electrons. The quantitative estimate of drug-likeness (QED) is 0.104. The Balaban J connectivity index is 0.987. The molecular formula is C48H59N9O6. The lowest BCUT2D eigenvalue weighted by Crippen LogP contribution is -2.51. The highest BCUT2D eigenvalue weighted by molar-refractivity contribution is 5.97. The van der Waals surface area contributed by atoms with E-state index in [0.717, 1.165) is 66.3 Å². The summed E-state index contributed by atoms with van der Waals surface area (Å²) in [6, 6.07) is 11.6. The normalized spacial score (nSPS) is 20.5. The van der Waals surface area contributed by atoms with Gasteiger partial charge in [-0.25, -0.2) is 19.6 Å². The number of likely N-dealkylation sites (tertiary alicyclic amines) is 2.